The third-order valence-electron chi connectivity index (χ3n) is 6.36. The van der Waals surface area contributed by atoms with Crippen molar-refractivity contribution >= 4 is 17.2 Å². The standard InChI is InChI=1S/C16H19NOS/c18-16(15-2-1-5-19-15)17-7-13-9-3-4-10(14(13)8-17)12-6-11(9)12/h1-2,5,9-14H,3-4,6-8H2. The van der Waals surface area contributed by atoms with E-state index in [4.69, 9.17) is 0 Å². The number of rotatable bonds is 1. The molecule has 1 aliphatic heterocycles. The molecule has 1 aromatic heterocycles. The van der Waals surface area contributed by atoms with E-state index < -0.39 is 0 Å². The molecule has 3 heteroatoms. The molecule has 5 aliphatic rings. The van der Waals surface area contributed by atoms with Crippen LogP contribution in [0, 0.1) is 35.5 Å². The van der Waals surface area contributed by atoms with Crippen molar-refractivity contribution in [1.29, 1.82) is 0 Å². The Bertz CT molecular complexity index is 501. The van der Waals surface area contributed by atoms with Crippen LogP contribution in [0.5, 0.6) is 0 Å². The predicted molar refractivity (Wildman–Crippen MR) is 75.0 cm³/mol. The maximum Gasteiger partial charge on any atom is 0.263 e. The lowest BCUT2D eigenvalue weighted by Crippen LogP contribution is -2.40. The van der Waals surface area contributed by atoms with E-state index in [-0.39, 0.29) is 5.91 Å². The number of likely N-dealkylation sites (tertiary alicyclic amines) is 1. The van der Waals surface area contributed by atoms with Gasteiger partial charge in [0.05, 0.1) is 4.88 Å². The Hall–Kier alpha value is -0.830. The van der Waals surface area contributed by atoms with Crippen LogP contribution in [-0.2, 0) is 0 Å². The Morgan fingerprint density at radius 1 is 1.05 bits per heavy atom. The number of hydrogen-bond donors (Lipinski definition) is 0. The van der Waals surface area contributed by atoms with Crippen molar-refractivity contribution in [3.63, 3.8) is 0 Å². The first-order valence-corrected chi connectivity index (χ1v) is 8.53. The van der Waals surface area contributed by atoms with E-state index in [0.29, 0.717) is 0 Å². The Balaban J connectivity index is 1.41. The first-order valence-electron chi connectivity index (χ1n) is 7.65. The summed E-state index contributed by atoms with van der Waals surface area (Å²) in [5, 5.41) is 2.01. The molecule has 6 unspecified atom stereocenters. The fourth-order valence-corrected chi connectivity index (χ4v) is 6.27. The molecule has 6 rings (SSSR count). The van der Waals surface area contributed by atoms with E-state index >= 15 is 0 Å². The van der Waals surface area contributed by atoms with E-state index in [2.05, 4.69) is 4.90 Å². The summed E-state index contributed by atoms with van der Waals surface area (Å²) in [7, 11) is 0. The van der Waals surface area contributed by atoms with Gasteiger partial charge in [0.15, 0.2) is 0 Å². The van der Waals surface area contributed by atoms with Gasteiger partial charge >= 0.3 is 0 Å². The highest BCUT2D eigenvalue weighted by atomic mass is 32.1. The molecule has 1 aromatic rings. The summed E-state index contributed by atoms with van der Waals surface area (Å²) in [5.74, 6) is 5.99. The third-order valence-corrected chi connectivity index (χ3v) is 7.21. The molecule has 5 fully saturated rings. The fourth-order valence-electron chi connectivity index (χ4n) is 5.58. The van der Waals surface area contributed by atoms with Gasteiger partial charge in [-0.25, -0.2) is 0 Å². The Morgan fingerprint density at radius 3 is 2.32 bits per heavy atom. The minimum absolute atomic E-state index is 0.289. The summed E-state index contributed by atoms with van der Waals surface area (Å²) in [6.45, 7) is 2.09. The SMILES string of the molecule is O=C(c1cccs1)N1CC2C3CCC(C4CC34)C2C1. The van der Waals surface area contributed by atoms with Gasteiger partial charge in [0.1, 0.15) is 0 Å². The van der Waals surface area contributed by atoms with Gasteiger partial charge < -0.3 is 4.90 Å². The maximum atomic E-state index is 12.5. The van der Waals surface area contributed by atoms with E-state index in [9.17, 15) is 4.79 Å². The average molecular weight is 273 g/mol. The summed E-state index contributed by atoms with van der Waals surface area (Å²) in [6.07, 6.45) is 4.42. The predicted octanol–water partition coefficient (Wildman–Crippen LogP) is 3.11. The van der Waals surface area contributed by atoms with Crippen LogP contribution in [-0.4, -0.2) is 23.9 Å². The van der Waals surface area contributed by atoms with E-state index in [0.717, 1.165) is 53.5 Å². The van der Waals surface area contributed by atoms with Gasteiger partial charge in [0.2, 0.25) is 0 Å². The normalized spacial score (nSPS) is 46.0. The van der Waals surface area contributed by atoms with Gasteiger partial charge in [0, 0.05) is 13.1 Å². The van der Waals surface area contributed by atoms with Crippen LogP contribution in [0.1, 0.15) is 28.9 Å². The second kappa shape index (κ2) is 3.63. The molecule has 2 nitrogen and oxygen atoms in total. The largest absolute Gasteiger partial charge is 0.337 e. The van der Waals surface area contributed by atoms with Crippen molar-refractivity contribution in [1.82, 2.24) is 4.90 Å². The highest BCUT2D eigenvalue weighted by molar-refractivity contribution is 7.12. The molecule has 4 aliphatic carbocycles. The number of nitrogens with zero attached hydrogens (tertiary/aromatic N) is 1. The monoisotopic (exact) mass is 273 g/mol. The van der Waals surface area contributed by atoms with E-state index in [1.807, 2.05) is 17.5 Å². The van der Waals surface area contributed by atoms with Crippen molar-refractivity contribution in [3.8, 4) is 0 Å². The van der Waals surface area contributed by atoms with Crippen molar-refractivity contribution < 1.29 is 4.79 Å². The van der Waals surface area contributed by atoms with Crippen molar-refractivity contribution in [2.24, 2.45) is 35.5 Å². The summed E-state index contributed by atoms with van der Waals surface area (Å²) in [6, 6.07) is 3.96. The molecule has 19 heavy (non-hydrogen) atoms. The van der Waals surface area contributed by atoms with Crippen molar-refractivity contribution in [2.45, 2.75) is 19.3 Å². The number of carbonyl (C=O) groups is 1. The molecular formula is C16H19NOS. The zero-order chi connectivity index (χ0) is 12.6. The maximum absolute atomic E-state index is 12.5. The lowest BCUT2D eigenvalue weighted by Gasteiger charge is -2.44. The number of hydrogen-bond acceptors (Lipinski definition) is 2. The molecule has 0 aromatic carbocycles. The lowest BCUT2D eigenvalue weighted by atomic mass is 9.60. The zero-order valence-corrected chi connectivity index (χ0v) is 11.8. The van der Waals surface area contributed by atoms with Gasteiger partial charge in [-0.15, -0.1) is 11.3 Å². The van der Waals surface area contributed by atoms with Crippen molar-refractivity contribution in [3.05, 3.63) is 22.4 Å². The molecule has 2 heterocycles. The molecule has 2 bridgehead atoms. The summed E-state index contributed by atoms with van der Waals surface area (Å²) >= 11 is 1.59. The number of amides is 1. The highest BCUT2D eigenvalue weighted by Gasteiger charge is 2.63. The van der Waals surface area contributed by atoms with Gasteiger partial charge in [-0.05, 0) is 66.2 Å². The van der Waals surface area contributed by atoms with Crippen LogP contribution >= 0.6 is 11.3 Å². The van der Waals surface area contributed by atoms with Gasteiger partial charge in [-0.2, -0.15) is 0 Å². The number of thiophene rings is 1. The third kappa shape index (κ3) is 1.40. The van der Waals surface area contributed by atoms with Gasteiger partial charge in [-0.1, -0.05) is 6.07 Å². The Morgan fingerprint density at radius 2 is 1.74 bits per heavy atom. The van der Waals surface area contributed by atoms with Crippen LogP contribution in [0.3, 0.4) is 0 Å². The fraction of sp³-hybridized carbons (Fsp3) is 0.688. The molecule has 0 spiro atoms. The van der Waals surface area contributed by atoms with Crippen LogP contribution in [0.25, 0.3) is 0 Å². The second-order valence-corrected chi connectivity index (χ2v) is 7.93. The molecule has 0 N–H and O–H groups in total. The number of carbonyl (C=O) groups excluding carboxylic acids is 1. The summed E-state index contributed by atoms with van der Waals surface area (Å²) in [5.41, 5.74) is 0. The first-order chi connectivity index (χ1) is 9.33. The summed E-state index contributed by atoms with van der Waals surface area (Å²) in [4.78, 5) is 15.6. The zero-order valence-electron chi connectivity index (χ0n) is 11.0. The smallest absolute Gasteiger partial charge is 0.263 e. The van der Waals surface area contributed by atoms with Gasteiger partial charge in [-0.3, -0.25) is 4.79 Å². The molecule has 4 saturated carbocycles. The first kappa shape index (κ1) is 10.9. The topological polar surface area (TPSA) is 20.3 Å². The highest BCUT2D eigenvalue weighted by Crippen LogP contribution is 2.67. The molecule has 0 radical (unpaired) electrons. The van der Waals surface area contributed by atoms with Crippen LogP contribution < -0.4 is 0 Å². The van der Waals surface area contributed by atoms with Crippen LogP contribution in [0.2, 0.25) is 0 Å². The lowest BCUT2D eigenvalue weighted by molar-refractivity contribution is 0.0464. The minimum Gasteiger partial charge on any atom is -0.337 e. The second-order valence-electron chi connectivity index (χ2n) is 6.98. The molecular weight excluding hydrogens is 254 g/mol. The number of fused-ring (bicyclic) bond motifs is 1. The molecule has 100 valence electrons. The van der Waals surface area contributed by atoms with Gasteiger partial charge in [0.25, 0.3) is 5.91 Å². The van der Waals surface area contributed by atoms with Crippen LogP contribution in [0.4, 0.5) is 0 Å². The molecule has 6 atom stereocenters. The minimum atomic E-state index is 0.289. The summed E-state index contributed by atoms with van der Waals surface area (Å²) < 4.78 is 0. The van der Waals surface area contributed by atoms with Crippen LogP contribution in [0.15, 0.2) is 17.5 Å². The Kier molecular flexibility index (Phi) is 2.08. The average Bonchev–Trinajstić information content (AvgIpc) is 2.91. The molecule has 1 amide bonds. The molecule has 1 saturated heterocycles. The quantitative estimate of drug-likeness (QED) is 0.770. The van der Waals surface area contributed by atoms with Crippen molar-refractivity contribution in [2.75, 3.05) is 13.1 Å². The Labute approximate surface area is 117 Å². The van der Waals surface area contributed by atoms with E-state index in [1.165, 1.54) is 19.3 Å². The van der Waals surface area contributed by atoms with E-state index in [1.54, 1.807) is 11.3 Å².